The molecule has 0 spiro atoms. The minimum atomic E-state index is 0.0302. The molecule has 3 rings (SSSR count). The summed E-state index contributed by atoms with van der Waals surface area (Å²) >= 11 is 4.58. The molecule has 2 nitrogen and oxygen atoms in total. The van der Waals surface area contributed by atoms with Crippen molar-refractivity contribution in [2.24, 2.45) is 4.99 Å². The van der Waals surface area contributed by atoms with Crippen molar-refractivity contribution in [2.45, 2.75) is 11.4 Å². The summed E-state index contributed by atoms with van der Waals surface area (Å²) in [5.74, 6) is 0.921. The minimum absolute atomic E-state index is 0.0302. The molecule has 2 aromatic rings. The highest BCUT2D eigenvalue weighted by molar-refractivity contribution is 7.81. The number of amidine groups is 1. The molecule has 2 aromatic carbocycles. The Kier molecular flexibility index (Phi) is 3.07. The fraction of sp³-hybridized carbons (Fsp3) is 0.133. The van der Waals surface area contributed by atoms with Gasteiger partial charge >= 0.3 is 0 Å². The van der Waals surface area contributed by atoms with Gasteiger partial charge in [-0.1, -0.05) is 60.7 Å². The zero-order valence-corrected chi connectivity index (χ0v) is 10.7. The lowest BCUT2D eigenvalue weighted by Gasteiger charge is -2.12. The van der Waals surface area contributed by atoms with Gasteiger partial charge in [0.1, 0.15) is 11.9 Å². The maximum atomic E-state index is 4.74. The molecular weight excluding hydrogens is 240 g/mol. The predicted molar refractivity (Wildman–Crippen MR) is 78.1 cm³/mol. The van der Waals surface area contributed by atoms with E-state index in [0.29, 0.717) is 0 Å². The third kappa shape index (κ3) is 2.14. The zero-order chi connectivity index (χ0) is 12.4. The number of nitrogens with zero attached hydrogens (tertiary/aromatic N) is 1. The van der Waals surface area contributed by atoms with E-state index in [1.807, 2.05) is 36.4 Å². The monoisotopic (exact) mass is 254 g/mol. The van der Waals surface area contributed by atoms with Gasteiger partial charge < -0.3 is 5.32 Å². The molecule has 1 aliphatic heterocycles. The normalized spacial score (nSPS) is 22.4. The fourth-order valence-corrected chi connectivity index (χ4v) is 2.49. The third-order valence-electron chi connectivity index (χ3n) is 3.04. The summed E-state index contributed by atoms with van der Waals surface area (Å²) in [5.41, 5.74) is 2.30. The molecule has 0 fully saturated rings. The summed E-state index contributed by atoms with van der Waals surface area (Å²) in [6, 6.07) is 20.5. The molecule has 0 bridgehead atoms. The van der Waals surface area contributed by atoms with E-state index in [4.69, 9.17) is 4.99 Å². The molecule has 1 N–H and O–H groups in total. The average molecular weight is 254 g/mol. The summed E-state index contributed by atoms with van der Waals surface area (Å²) < 4.78 is 0. The molecule has 0 saturated heterocycles. The molecule has 2 atom stereocenters. The number of hydrogen-bond donors (Lipinski definition) is 2. The van der Waals surface area contributed by atoms with Crippen molar-refractivity contribution in [1.82, 2.24) is 5.32 Å². The summed E-state index contributed by atoms with van der Waals surface area (Å²) in [6.07, 6.45) is 0. The molecule has 0 saturated carbocycles. The molecule has 0 aliphatic carbocycles. The maximum Gasteiger partial charge on any atom is 0.129 e. The Morgan fingerprint density at radius 2 is 1.50 bits per heavy atom. The number of hydrogen-bond acceptors (Lipinski definition) is 3. The zero-order valence-electron chi connectivity index (χ0n) is 9.82. The lowest BCUT2D eigenvalue weighted by Crippen LogP contribution is -2.27. The minimum Gasteiger partial charge on any atom is -0.356 e. The van der Waals surface area contributed by atoms with E-state index in [1.54, 1.807) is 0 Å². The molecule has 2 unspecified atom stereocenters. The lowest BCUT2D eigenvalue weighted by atomic mass is 10.1. The van der Waals surface area contributed by atoms with E-state index in [0.717, 1.165) is 11.4 Å². The Bertz CT molecular complexity index is 551. The number of benzene rings is 2. The van der Waals surface area contributed by atoms with Crippen molar-refractivity contribution in [3.63, 3.8) is 0 Å². The molecule has 1 aliphatic rings. The SMILES string of the molecule is SC1NC(c2ccccc2)=NC1c1ccccc1. The van der Waals surface area contributed by atoms with Gasteiger partial charge in [0.25, 0.3) is 0 Å². The van der Waals surface area contributed by atoms with Crippen LogP contribution >= 0.6 is 12.6 Å². The Balaban J connectivity index is 1.92. The maximum absolute atomic E-state index is 4.74. The van der Waals surface area contributed by atoms with Gasteiger partial charge in [0.2, 0.25) is 0 Å². The van der Waals surface area contributed by atoms with Gasteiger partial charge in [-0.3, -0.25) is 4.99 Å². The Labute approximate surface area is 112 Å². The van der Waals surface area contributed by atoms with Gasteiger partial charge in [-0.2, -0.15) is 12.6 Å². The van der Waals surface area contributed by atoms with Crippen LogP contribution in [-0.2, 0) is 0 Å². The molecule has 1 heterocycles. The van der Waals surface area contributed by atoms with Crippen molar-refractivity contribution in [3.8, 4) is 0 Å². The summed E-state index contributed by atoms with van der Waals surface area (Å²) in [6.45, 7) is 0. The third-order valence-corrected chi connectivity index (χ3v) is 3.45. The average Bonchev–Trinajstić information content (AvgIpc) is 2.83. The van der Waals surface area contributed by atoms with E-state index in [-0.39, 0.29) is 11.4 Å². The van der Waals surface area contributed by atoms with Crippen LogP contribution in [0, 0.1) is 0 Å². The van der Waals surface area contributed by atoms with Crippen molar-refractivity contribution in [1.29, 1.82) is 0 Å². The smallest absolute Gasteiger partial charge is 0.129 e. The molecular formula is C15H14N2S. The van der Waals surface area contributed by atoms with Crippen LogP contribution in [0.25, 0.3) is 0 Å². The fourth-order valence-electron chi connectivity index (χ4n) is 2.13. The van der Waals surface area contributed by atoms with Crippen LogP contribution in [0.3, 0.4) is 0 Å². The number of thiol groups is 1. The quantitative estimate of drug-likeness (QED) is 0.791. The first kappa shape index (κ1) is 11.4. The van der Waals surface area contributed by atoms with Crippen molar-refractivity contribution >= 4 is 18.5 Å². The summed E-state index contributed by atoms with van der Waals surface area (Å²) in [4.78, 5) is 4.74. The standard InChI is InChI=1S/C15H14N2S/c18-15-13(11-7-3-1-4-8-11)16-14(17-15)12-9-5-2-6-10-12/h1-10,13,15,18H,(H,16,17). The van der Waals surface area contributed by atoms with E-state index in [9.17, 15) is 0 Å². The van der Waals surface area contributed by atoms with Crippen LogP contribution in [0.15, 0.2) is 65.7 Å². The van der Waals surface area contributed by atoms with Crippen molar-refractivity contribution in [3.05, 3.63) is 71.8 Å². The largest absolute Gasteiger partial charge is 0.356 e. The first-order valence-corrected chi connectivity index (χ1v) is 6.49. The van der Waals surface area contributed by atoms with E-state index >= 15 is 0 Å². The Morgan fingerprint density at radius 1 is 0.889 bits per heavy atom. The molecule has 90 valence electrons. The molecule has 3 heteroatoms. The summed E-state index contributed by atoms with van der Waals surface area (Å²) in [7, 11) is 0. The first-order chi connectivity index (χ1) is 8.84. The molecule has 18 heavy (non-hydrogen) atoms. The van der Waals surface area contributed by atoms with Gasteiger partial charge in [0.05, 0.1) is 5.37 Å². The molecule has 0 radical (unpaired) electrons. The van der Waals surface area contributed by atoms with Crippen LogP contribution in [0.2, 0.25) is 0 Å². The Hall–Kier alpha value is -1.74. The van der Waals surface area contributed by atoms with Gasteiger partial charge in [0, 0.05) is 5.56 Å². The van der Waals surface area contributed by atoms with E-state index in [2.05, 4.69) is 42.2 Å². The number of aliphatic imine (C=N–C) groups is 1. The van der Waals surface area contributed by atoms with Gasteiger partial charge in [-0.25, -0.2) is 0 Å². The van der Waals surface area contributed by atoms with Gasteiger partial charge in [0.15, 0.2) is 0 Å². The van der Waals surface area contributed by atoms with Crippen LogP contribution in [0.4, 0.5) is 0 Å². The van der Waals surface area contributed by atoms with Gasteiger partial charge in [-0.05, 0) is 5.56 Å². The van der Waals surface area contributed by atoms with E-state index in [1.165, 1.54) is 5.56 Å². The highest BCUT2D eigenvalue weighted by atomic mass is 32.1. The number of nitrogens with one attached hydrogen (secondary N) is 1. The lowest BCUT2D eigenvalue weighted by molar-refractivity contribution is 0.708. The van der Waals surface area contributed by atoms with Crippen LogP contribution in [-0.4, -0.2) is 11.2 Å². The molecule has 0 aromatic heterocycles. The van der Waals surface area contributed by atoms with Crippen molar-refractivity contribution < 1.29 is 0 Å². The number of rotatable bonds is 2. The highest BCUT2D eigenvalue weighted by Crippen LogP contribution is 2.28. The first-order valence-electron chi connectivity index (χ1n) is 5.97. The van der Waals surface area contributed by atoms with Gasteiger partial charge in [-0.15, -0.1) is 0 Å². The molecule has 0 amide bonds. The van der Waals surface area contributed by atoms with Crippen LogP contribution < -0.4 is 5.32 Å². The Morgan fingerprint density at radius 3 is 2.17 bits per heavy atom. The second-order valence-electron chi connectivity index (χ2n) is 4.29. The van der Waals surface area contributed by atoms with E-state index < -0.39 is 0 Å². The second kappa shape index (κ2) is 4.86. The summed E-state index contributed by atoms with van der Waals surface area (Å²) in [5, 5.41) is 3.36. The van der Waals surface area contributed by atoms with Crippen molar-refractivity contribution in [2.75, 3.05) is 0 Å². The predicted octanol–water partition coefficient (Wildman–Crippen LogP) is 3.03. The highest BCUT2D eigenvalue weighted by Gasteiger charge is 2.27. The van der Waals surface area contributed by atoms with Crippen LogP contribution in [0.1, 0.15) is 17.2 Å². The van der Waals surface area contributed by atoms with Crippen LogP contribution in [0.5, 0.6) is 0 Å². The topological polar surface area (TPSA) is 24.4 Å². The second-order valence-corrected chi connectivity index (χ2v) is 4.84.